The molecule has 5 nitrogen and oxygen atoms in total. The summed E-state index contributed by atoms with van der Waals surface area (Å²) in [6.07, 6.45) is 3.91. The van der Waals surface area contributed by atoms with E-state index in [1.54, 1.807) is 24.3 Å². The molecule has 1 unspecified atom stereocenters. The number of amides is 3. The summed E-state index contributed by atoms with van der Waals surface area (Å²) >= 11 is 0. The van der Waals surface area contributed by atoms with Gasteiger partial charge in [0.15, 0.2) is 0 Å². The summed E-state index contributed by atoms with van der Waals surface area (Å²) in [5.41, 5.74) is 3.42. The third-order valence-electron chi connectivity index (χ3n) is 5.55. The highest BCUT2D eigenvalue weighted by atomic mass is 16.2. The maximum atomic E-state index is 12.8. The molecule has 1 fully saturated rings. The number of carbonyl (C=O) groups excluding carboxylic acids is 3. The van der Waals surface area contributed by atoms with E-state index in [1.807, 2.05) is 0 Å². The number of aryl methyl sites for hydroxylation is 1. The summed E-state index contributed by atoms with van der Waals surface area (Å²) in [5.74, 6) is -0.331. The summed E-state index contributed by atoms with van der Waals surface area (Å²) in [6, 6.07) is 15.0. The second-order valence-electron chi connectivity index (χ2n) is 8.21. The molecule has 1 atom stereocenters. The van der Waals surface area contributed by atoms with Crippen molar-refractivity contribution in [2.75, 3.05) is 4.90 Å². The van der Waals surface area contributed by atoms with Crippen LogP contribution in [-0.4, -0.2) is 17.7 Å². The lowest BCUT2D eigenvalue weighted by atomic mass is 9.94. The lowest BCUT2D eigenvalue weighted by molar-refractivity contribution is -0.121. The Bertz CT molecular complexity index is 885. The number of hydrogen-bond acceptors (Lipinski definition) is 3. The third-order valence-corrected chi connectivity index (χ3v) is 5.55. The SMILES string of the molecule is CCCCc1ccc(C(NC(=O)c2ccc(N3C(=O)CCC3=O)cc2)C(C)C)cc1. The van der Waals surface area contributed by atoms with Crippen molar-refractivity contribution in [3.8, 4) is 0 Å². The van der Waals surface area contributed by atoms with Gasteiger partial charge in [0.05, 0.1) is 11.7 Å². The number of hydrogen-bond donors (Lipinski definition) is 1. The maximum Gasteiger partial charge on any atom is 0.251 e. The Labute approximate surface area is 178 Å². The molecule has 0 aliphatic carbocycles. The third kappa shape index (κ3) is 4.96. The Hall–Kier alpha value is -2.95. The van der Waals surface area contributed by atoms with Crippen LogP contribution in [-0.2, 0) is 16.0 Å². The van der Waals surface area contributed by atoms with Gasteiger partial charge in [-0.2, -0.15) is 0 Å². The topological polar surface area (TPSA) is 66.5 Å². The first-order valence-electron chi connectivity index (χ1n) is 10.8. The summed E-state index contributed by atoms with van der Waals surface area (Å²) in [4.78, 5) is 37.8. The highest BCUT2D eigenvalue weighted by Gasteiger charge is 2.30. The van der Waals surface area contributed by atoms with Gasteiger partial charge in [0.25, 0.3) is 5.91 Å². The number of carbonyl (C=O) groups is 3. The molecule has 0 bridgehead atoms. The molecular formula is C25H30N2O3. The average molecular weight is 407 g/mol. The molecule has 0 spiro atoms. The fraction of sp³-hybridized carbons (Fsp3) is 0.400. The molecule has 1 aliphatic rings. The number of anilines is 1. The van der Waals surface area contributed by atoms with E-state index in [-0.39, 0.29) is 42.5 Å². The van der Waals surface area contributed by atoms with Gasteiger partial charge >= 0.3 is 0 Å². The van der Waals surface area contributed by atoms with E-state index in [1.165, 1.54) is 23.3 Å². The van der Waals surface area contributed by atoms with Gasteiger partial charge in [-0.05, 0) is 54.2 Å². The Morgan fingerprint density at radius 3 is 2.10 bits per heavy atom. The van der Waals surface area contributed by atoms with Gasteiger partial charge in [0, 0.05) is 18.4 Å². The lowest BCUT2D eigenvalue weighted by Crippen LogP contribution is -2.32. The van der Waals surface area contributed by atoms with E-state index in [0.29, 0.717) is 11.3 Å². The van der Waals surface area contributed by atoms with Crippen LogP contribution in [0.25, 0.3) is 0 Å². The maximum absolute atomic E-state index is 12.8. The van der Waals surface area contributed by atoms with Gasteiger partial charge < -0.3 is 5.32 Å². The van der Waals surface area contributed by atoms with E-state index < -0.39 is 0 Å². The lowest BCUT2D eigenvalue weighted by Gasteiger charge is -2.23. The van der Waals surface area contributed by atoms with Gasteiger partial charge in [-0.3, -0.25) is 19.3 Å². The minimum absolute atomic E-state index is 0.0980. The van der Waals surface area contributed by atoms with Crippen molar-refractivity contribution in [3.63, 3.8) is 0 Å². The summed E-state index contributed by atoms with van der Waals surface area (Å²) in [7, 11) is 0. The van der Waals surface area contributed by atoms with Crippen LogP contribution in [0.1, 0.15) is 74.0 Å². The van der Waals surface area contributed by atoms with E-state index in [0.717, 1.165) is 12.0 Å². The van der Waals surface area contributed by atoms with E-state index >= 15 is 0 Å². The highest BCUT2D eigenvalue weighted by molar-refractivity contribution is 6.19. The van der Waals surface area contributed by atoms with Gasteiger partial charge in [-0.25, -0.2) is 0 Å². The Morgan fingerprint density at radius 1 is 0.967 bits per heavy atom. The van der Waals surface area contributed by atoms with Crippen LogP contribution in [0.3, 0.4) is 0 Å². The van der Waals surface area contributed by atoms with Crippen LogP contribution in [0.5, 0.6) is 0 Å². The molecule has 1 heterocycles. The first-order valence-corrected chi connectivity index (χ1v) is 10.8. The number of imide groups is 1. The first kappa shape index (κ1) is 21.8. The zero-order chi connectivity index (χ0) is 21.7. The van der Waals surface area contributed by atoms with Gasteiger partial charge in [-0.15, -0.1) is 0 Å². The van der Waals surface area contributed by atoms with Crippen LogP contribution in [0.15, 0.2) is 48.5 Å². The molecule has 0 aromatic heterocycles. The predicted octanol–water partition coefficient (Wildman–Crippen LogP) is 4.81. The highest BCUT2D eigenvalue weighted by Crippen LogP contribution is 2.25. The van der Waals surface area contributed by atoms with Crippen LogP contribution in [0.4, 0.5) is 5.69 Å². The molecule has 0 saturated carbocycles. The smallest absolute Gasteiger partial charge is 0.251 e. The van der Waals surface area contributed by atoms with Crippen LogP contribution < -0.4 is 10.2 Å². The molecule has 3 amide bonds. The van der Waals surface area contributed by atoms with E-state index in [9.17, 15) is 14.4 Å². The van der Waals surface area contributed by atoms with Crippen molar-refractivity contribution in [3.05, 3.63) is 65.2 Å². The number of rotatable bonds is 8. The number of unbranched alkanes of at least 4 members (excludes halogenated alkanes) is 1. The quantitative estimate of drug-likeness (QED) is 0.640. The summed E-state index contributed by atoms with van der Waals surface area (Å²) < 4.78 is 0. The number of nitrogens with one attached hydrogen (secondary N) is 1. The second-order valence-corrected chi connectivity index (χ2v) is 8.21. The standard InChI is InChI=1S/C25H30N2O3/c1-4-5-6-18-7-9-19(10-8-18)24(17(2)3)26-25(30)20-11-13-21(14-12-20)27-22(28)15-16-23(27)29/h7-14,17,24H,4-6,15-16H2,1-3H3,(H,26,30). The second kappa shape index (κ2) is 9.70. The van der Waals surface area contributed by atoms with Crippen molar-refractivity contribution in [2.45, 2.75) is 58.9 Å². The molecule has 1 saturated heterocycles. The number of benzene rings is 2. The summed E-state index contributed by atoms with van der Waals surface area (Å²) in [6.45, 7) is 6.36. The van der Waals surface area contributed by atoms with Crippen LogP contribution in [0, 0.1) is 5.92 Å². The Morgan fingerprint density at radius 2 is 1.57 bits per heavy atom. The van der Waals surface area contributed by atoms with Crippen molar-refractivity contribution < 1.29 is 14.4 Å². The van der Waals surface area contributed by atoms with Crippen molar-refractivity contribution in [1.29, 1.82) is 0 Å². The fourth-order valence-electron chi connectivity index (χ4n) is 3.76. The van der Waals surface area contributed by atoms with Gasteiger partial charge in [-0.1, -0.05) is 51.5 Å². The van der Waals surface area contributed by atoms with Crippen molar-refractivity contribution in [1.82, 2.24) is 5.32 Å². The minimum Gasteiger partial charge on any atom is -0.345 e. The minimum atomic E-state index is -0.195. The van der Waals surface area contributed by atoms with E-state index in [4.69, 9.17) is 0 Å². The van der Waals surface area contributed by atoms with Crippen LogP contribution >= 0.6 is 0 Å². The van der Waals surface area contributed by atoms with Crippen molar-refractivity contribution in [2.24, 2.45) is 5.92 Å². The Kier molecular flexibility index (Phi) is 7.03. The monoisotopic (exact) mass is 406 g/mol. The zero-order valence-corrected chi connectivity index (χ0v) is 18.0. The molecule has 158 valence electrons. The Balaban J connectivity index is 1.70. The molecule has 5 heteroatoms. The fourth-order valence-corrected chi connectivity index (χ4v) is 3.76. The molecule has 3 rings (SSSR count). The molecule has 0 radical (unpaired) electrons. The molecule has 2 aromatic carbocycles. The molecule has 2 aromatic rings. The first-order chi connectivity index (χ1) is 14.4. The molecular weight excluding hydrogens is 376 g/mol. The normalized spacial score (nSPS) is 15.0. The van der Waals surface area contributed by atoms with Crippen molar-refractivity contribution >= 4 is 23.4 Å². The van der Waals surface area contributed by atoms with E-state index in [2.05, 4.69) is 50.4 Å². The number of nitrogens with zero attached hydrogens (tertiary/aromatic N) is 1. The zero-order valence-electron chi connectivity index (χ0n) is 18.0. The largest absolute Gasteiger partial charge is 0.345 e. The molecule has 1 N–H and O–H groups in total. The average Bonchev–Trinajstić information content (AvgIpc) is 3.08. The van der Waals surface area contributed by atoms with Gasteiger partial charge in [0.2, 0.25) is 11.8 Å². The van der Waals surface area contributed by atoms with Gasteiger partial charge in [0.1, 0.15) is 0 Å². The predicted molar refractivity (Wildman–Crippen MR) is 118 cm³/mol. The summed E-state index contributed by atoms with van der Waals surface area (Å²) in [5, 5.41) is 3.13. The molecule has 30 heavy (non-hydrogen) atoms. The molecule has 1 aliphatic heterocycles. The van der Waals surface area contributed by atoms with Crippen LogP contribution in [0.2, 0.25) is 0 Å².